The molecule has 1 aromatic heterocycles. The van der Waals surface area contributed by atoms with Gasteiger partial charge in [0.1, 0.15) is 18.5 Å². The lowest BCUT2D eigenvalue weighted by Crippen LogP contribution is -2.45. The molecule has 2 aromatic carbocycles. The fourth-order valence-corrected chi connectivity index (χ4v) is 4.33. The molecule has 9 heteroatoms. The molecule has 1 aliphatic carbocycles. The van der Waals surface area contributed by atoms with Crippen molar-refractivity contribution in [1.82, 2.24) is 15.1 Å². The van der Waals surface area contributed by atoms with Crippen molar-refractivity contribution in [3.63, 3.8) is 0 Å². The van der Waals surface area contributed by atoms with Crippen LogP contribution in [0.25, 0.3) is 11.1 Å². The van der Waals surface area contributed by atoms with Crippen LogP contribution < -0.4 is 10.6 Å². The molecule has 0 radical (unpaired) electrons. The minimum atomic E-state index is -1.11. The van der Waals surface area contributed by atoms with Gasteiger partial charge in [-0.3, -0.25) is 14.8 Å². The van der Waals surface area contributed by atoms with E-state index in [0.717, 1.165) is 22.3 Å². The van der Waals surface area contributed by atoms with E-state index in [-0.39, 0.29) is 30.0 Å². The van der Waals surface area contributed by atoms with E-state index in [0.29, 0.717) is 6.42 Å². The normalized spacial score (nSPS) is 13.9. The maximum Gasteiger partial charge on any atom is 0.412 e. The van der Waals surface area contributed by atoms with E-state index in [1.54, 1.807) is 14.0 Å². The van der Waals surface area contributed by atoms with E-state index >= 15 is 0 Å². The Hall–Kier alpha value is -4.14. The third-order valence-electron chi connectivity index (χ3n) is 6.45. The topological polar surface area (TPSA) is 123 Å². The number of fused-ring (bicyclic) bond motifs is 3. The van der Waals surface area contributed by atoms with Crippen LogP contribution in [0.5, 0.6) is 0 Å². The van der Waals surface area contributed by atoms with Gasteiger partial charge < -0.3 is 15.2 Å². The summed E-state index contributed by atoms with van der Waals surface area (Å²) in [5, 5.41) is 18.6. The Morgan fingerprint density at radius 1 is 1.09 bits per heavy atom. The molecule has 2 atom stereocenters. The van der Waals surface area contributed by atoms with E-state index in [9.17, 15) is 19.5 Å². The minimum absolute atomic E-state index is 0.00370. The third kappa shape index (κ3) is 4.89. The van der Waals surface area contributed by atoms with Gasteiger partial charge >= 0.3 is 12.1 Å². The second-order valence-electron chi connectivity index (χ2n) is 8.66. The molecule has 0 unspecified atom stereocenters. The van der Waals surface area contributed by atoms with Crippen LogP contribution in [-0.4, -0.2) is 45.5 Å². The molecule has 0 aliphatic heterocycles. The molecule has 0 saturated carbocycles. The minimum Gasteiger partial charge on any atom is -0.480 e. The number of carboxylic acid groups (broad SMARTS) is 1. The number of aliphatic carboxylic acids is 1. The first-order valence-corrected chi connectivity index (χ1v) is 11.5. The van der Waals surface area contributed by atoms with E-state index in [4.69, 9.17) is 4.74 Å². The summed E-state index contributed by atoms with van der Waals surface area (Å²) in [5.74, 6) is -1.81. The van der Waals surface area contributed by atoms with Gasteiger partial charge in [-0.15, -0.1) is 0 Å². The van der Waals surface area contributed by atoms with Crippen LogP contribution in [0.3, 0.4) is 0 Å². The summed E-state index contributed by atoms with van der Waals surface area (Å²) < 4.78 is 6.87. The molecule has 0 saturated heterocycles. The summed E-state index contributed by atoms with van der Waals surface area (Å²) in [6.45, 7) is 3.76. The summed E-state index contributed by atoms with van der Waals surface area (Å²) in [5.41, 5.74) is 4.48. The third-order valence-corrected chi connectivity index (χ3v) is 6.45. The summed E-state index contributed by atoms with van der Waals surface area (Å²) in [6, 6.07) is 16.5. The number of carbonyl (C=O) groups excluding carboxylic acids is 2. The lowest BCUT2D eigenvalue weighted by molar-refractivity contribution is -0.140. The van der Waals surface area contributed by atoms with Crippen molar-refractivity contribution < 1.29 is 24.2 Å². The maximum atomic E-state index is 12.6. The Labute approximate surface area is 203 Å². The number of benzene rings is 2. The maximum absolute atomic E-state index is 12.6. The smallest absolute Gasteiger partial charge is 0.412 e. The average Bonchev–Trinajstić information content (AvgIpc) is 3.38. The summed E-state index contributed by atoms with van der Waals surface area (Å²) >= 11 is 0. The largest absolute Gasteiger partial charge is 0.480 e. The molecular formula is C26H28N4O5. The van der Waals surface area contributed by atoms with Crippen molar-refractivity contribution in [2.75, 3.05) is 11.9 Å². The lowest BCUT2D eigenvalue weighted by atomic mass is 9.98. The highest BCUT2D eigenvalue weighted by Crippen LogP contribution is 2.44. The number of anilines is 1. The van der Waals surface area contributed by atoms with Crippen molar-refractivity contribution in [1.29, 1.82) is 0 Å². The number of hydrogen-bond acceptors (Lipinski definition) is 5. The molecule has 0 bridgehead atoms. The molecule has 182 valence electrons. The standard InChI is InChI=1S/C26H28N4O5/c1-4-15(2)23(25(32)33)28-24(31)21-13-22(30(3)29-21)27-26(34)35-14-20-18-11-7-5-9-16(18)17-10-6-8-12-19(17)20/h5-13,15,20,23H,4,14H2,1-3H3,(H,27,34)(H,28,31)(H,32,33)/t15-,23-/m0/s1. The van der Waals surface area contributed by atoms with E-state index < -0.39 is 24.0 Å². The van der Waals surface area contributed by atoms with Crippen LogP contribution in [0.1, 0.15) is 47.8 Å². The number of aryl methyl sites for hydroxylation is 1. The number of nitrogens with one attached hydrogen (secondary N) is 2. The molecular weight excluding hydrogens is 448 g/mol. The van der Waals surface area contributed by atoms with Gasteiger partial charge in [0.25, 0.3) is 5.91 Å². The first-order chi connectivity index (χ1) is 16.8. The van der Waals surface area contributed by atoms with Crippen LogP contribution in [0.2, 0.25) is 0 Å². The van der Waals surface area contributed by atoms with Crippen LogP contribution in [0.15, 0.2) is 54.6 Å². The van der Waals surface area contributed by atoms with Crippen molar-refractivity contribution in [3.8, 4) is 11.1 Å². The van der Waals surface area contributed by atoms with Crippen molar-refractivity contribution >= 4 is 23.8 Å². The molecule has 2 amide bonds. The molecule has 0 fully saturated rings. The second kappa shape index (κ2) is 10.0. The molecule has 4 rings (SSSR count). The molecule has 35 heavy (non-hydrogen) atoms. The number of carboxylic acids is 1. The summed E-state index contributed by atoms with van der Waals surface area (Å²) in [4.78, 5) is 36.6. The Balaban J connectivity index is 1.41. The van der Waals surface area contributed by atoms with Crippen molar-refractivity contribution in [2.45, 2.75) is 32.2 Å². The Bertz CT molecular complexity index is 1220. The van der Waals surface area contributed by atoms with Gasteiger partial charge in [-0.1, -0.05) is 68.8 Å². The molecule has 3 N–H and O–H groups in total. The van der Waals surface area contributed by atoms with E-state index in [1.807, 2.05) is 43.3 Å². The molecule has 3 aromatic rings. The second-order valence-corrected chi connectivity index (χ2v) is 8.66. The van der Waals surface area contributed by atoms with Crippen LogP contribution in [0.4, 0.5) is 10.6 Å². The summed E-state index contributed by atoms with van der Waals surface area (Å²) in [6.07, 6.45) is -0.0848. The molecule has 9 nitrogen and oxygen atoms in total. The Kier molecular flexibility index (Phi) is 6.86. The fraction of sp³-hybridized carbons (Fsp3) is 0.308. The number of amides is 2. The predicted molar refractivity (Wildman–Crippen MR) is 130 cm³/mol. The van der Waals surface area contributed by atoms with Gasteiger partial charge in [-0.05, 0) is 28.2 Å². The Morgan fingerprint density at radius 2 is 1.69 bits per heavy atom. The van der Waals surface area contributed by atoms with Gasteiger partial charge in [0.2, 0.25) is 0 Å². The number of nitrogens with zero attached hydrogens (tertiary/aromatic N) is 2. The summed E-state index contributed by atoms with van der Waals surface area (Å²) in [7, 11) is 1.57. The number of rotatable bonds is 8. The highest BCUT2D eigenvalue weighted by molar-refractivity contribution is 5.96. The molecule has 0 spiro atoms. The fourth-order valence-electron chi connectivity index (χ4n) is 4.33. The monoisotopic (exact) mass is 476 g/mol. The first kappa shape index (κ1) is 24.0. The SMILES string of the molecule is CC[C@H](C)[C@H](NC(=O)c1cc(NC(=O)OCC2c3ccccc3-c3ccccc32)n(C)n1)C(=O)O. The lowest BCUT2D eigenvalue weighted by Gasteiger charge is -2.19. The molecule has 1 aliphatic rings. The Morgan fingerprint density at radius 3 is 2.26 bits per heavy atom. The predicted octanol–water partition coefficient (Wildman–Crippen LogP) is 4.01. The van der Waals surface area contributed by atoms with Gasteiger partial charge in [0.15, 0.2) is 5.69 Å². The van der Waals surface area contributed by atoms with Crippen molar-refractivity contribution in [2.24, 2.45) is 13.0 Å². The first-order valence-electron chi connectivity index (χ1n) is 11.5. The van der Waals surface area contributed by atoms with E-state index in [1.165, 1.54) is 10.7 Å². The van der Waals surface area contributed by atoms with Crippen molar-refractivity contribution in [3.05, 3.63) is 71.4 Å². The van der Waals surface area contributed by atoms with Crippen LogP contribution in [-0.2, 0) is 16.6 Å². The van der Waals surface area contributed by atoms with Crippen LogP contribution >= 0.6 is 0 Å². The van der Waals surface area contributed by atoms with Gasteiger partial charge in [-0.2, -0.15) is 5.10 Å². The number of hydrogen-bond donors (Lipinski definition) is 3. The zero-order valence-electron chi connectivity index (χ0n) is 19.8. The van der Waals surface area contributed by atoms with Gasteiger partial charge in [0, 0.05) is 19.0 Å². The highest BCUT2D eigenvalue weighted by atomic mass is 16.5. The van der Waals surface area contributed by atoms with Gasteiger partial charge in [-0.25, -0.2) is 9.59 Å². The quantitative estimate of drug-likeness (QED) is 0.452. The highest BCUT2D eigenvalue weighted by Gasteiger charge is 2.30. The van der Waals surface area contributed by atoms with Crippen LogP contribution in [0, 0.1) is 5.92 Å². The van der Waals surface area contributed by atoms with E-state index in [2.05, 4.69) is 27.9 Å². The van der Waals surface area contributed by atoms with Gasteiger partial charge in [0.05, 0.1) is 0 Å². The average molecular weight is 477 g/mol. The number of aromatic nitrogens is 2. The number of carbonyl (C=O) groups is 3. The molecule has 1 heterocycles. The zero-order valence-corrected chi connectivity index (χ0v) is 19.8. The zero-order chi connectivity index (χ0) is 25.1. The number of ether oxygens (including phenoxy) is 1.